The number of nitrogens with zero attached hydrogens (tertiary/aromatic N) is 2. The maximum atomic E-state index is 9.61. The van der Waals surface area contributed by atoms with Crippen LogP contribution in [0, 0.1) is 5.92 Å². The summed E-state index contributed by atoms with van der Waals surface area (Å²) < 4.78 is 1.87. The molecule has 2 fully saturated rings. The molecule has 4 nitrogen and oxygen atoms in total. The van der Waals surface area contributed by atoms with Gasteiger partial charge >= 0.3 is 0 Å². The van der Waals surface area contributed by atoms with Crippen LogP contribution >= 0.6 is 23.5 Å². The molecule has 1 saturated heterocycles. The highest BCUT2D eigenvalue weighted by Gasteiger charge is 2.36. The van der Waals surface area contributed by atoms with Crippen molar-refractivity contribution in [3.63, 3.8) is 0 Å². The zero-order valence-electron chi connectivity index (χ0n) is 11.9. The minimum atomic E-state index is -0.0983. The third-order valence-electron chi connectivity index (χ3n) is 4.13. The van der Waals surface area contributed by atoms with Crippen molar-refractivity contribution in [3.05, 3.63) is 18.0 Å². The molecule has 6 heteroatoms. The number of rotatable bonds is 4. The molecule has 0 bridgehead atoms. The molecule has 0 radical (unpaired) electrons. The van der Waals surface area contributed by atoms with E-state index in [0.717, 1.165) is 12.8 Å². The molecule has 1 aliphatic carbocycles. The number of aryl methyl sites for hydroxylation is 1. The topological polar surface area (TPSA) is 50.1 Å². The van der Waals surface area contributed by atoms with Gasteiger partial charge in [-0.05, 0) is 18.8 Å². The Morgan fingerprint density at radius 1 is 1.35 bits per heavy atom. The second kappa shape index (κ2) is 6.73. The molecule has 20 heavy (non-hydrogen) atoms. The van der Waals surface area contributed by atoms with Gasteiger partial charge in [0.25, 0.3) is 0 Å². The molecule has 1 saturated carbocycles. The molecule has 1 aliphatic heterocycles. The zero-order chi connectivity index (χ0) is 13.9. The summed E-state index contributed by atoms with van der Waals surface area (Å²) in [5, 5.41) is 17.8. The maximum absolute atomic E-state index is 9.61. The zero-order valence-corrected chi connectivity index (χ0v) is 13.5. The maximum Gasteiger partial charge on any atom is 0.0547 e. The van der Waals surface area contributed by atoms with Gasteiger partial charge in [0.05, 0.1) is 12.3 Å². The smallest absolute Gasteiger partial charge is 0.0547 e. The van der Waals surface area contributed by atoms with Crippen LogP contribution in [0.5, 0.6) is 0 Å². The van der Waals surface area contributed by atoms with E-state index in [1.165, 1.54) is 28.6 Å². The van der Waals surface area contributed by atoms with E-state index in [9.17, 15) is 5.11 Å². The molecular formula is C14H23N3OS2. The van der Waals surface area contributed by atoms with Gasteiger partial charge < -0.3 is 10.4 Å². The van der Waals surface area contributed by atoms with Crippen molar-refractivity contribution in [2.24, 2.45) is 13.0 Å². The molecule has 3 rings (SSSR count). The minimum absolute atomic E-state index is 0.0983. The Hall–Kier alpha value is -0.170. The summed E-state index contributed by atoms with van der Waals surface area (Å²) in [5.41, 5.74) is 1.27. The first-order valence-electron chi connectivity index (χ1n) is 7.30. The number of aromatic nitrogens is 2. The Morgan fingerprint density at radius 2 is 2.05 bits per heavy atom. The van der Waals surface area contributed by atoms with Crippen molar-refractivity contribution in [2.75, 3.05) is 23.0 Å². The summed E-state index contributed by atoms with van der Waals surface area (Å²) in [4.78, 5) is 0. The highest BCUT2D eigenvalue weighted by atomic mass is 32.2. The molecule has 1 aromatic heterocycles. The standard InChI is InChI=1S/C14H23N3OS2/c1-17-7-11(6-15-17)14(10-4-13(18)5-10)16-12-8-19-2-3-20-9-12/h6-7,10,12-14,16,18H,2-5,8-9H2,1H3/t10?,13?,14-/m0/s1. The number of nitrogens with one attached hydrogen (secondary N) is 1. The molecule has 2 heterocycles. The van der Waals surface area contributed by atoms with Gasteiger partial charge in [-0.15, -0.1) is 0 Å². The molecule has 0 unspecified atom stereocenters. The Balaban J connectivity index is 1.68. The first-order valence-corrected chi connectivity index (χ1v) is 9.61. The molecule has 112 valence electrons. The molecule has 0 amide bonds. The van der Waals surface area contributed by atoms with E-state index in [4.69, 9.17) is 0 Å². The summed E-state index contributed by atoms with van der Waals surface area (Å²) in [5.74, 6) is 5.47. The summed E-state index contributed by atoms with van der Waals surface area (Å²) in [7, 11) is 1.97. The van der Waals surface area contributed by atoms with E-state index in [2.05, 4.69) is 40.1 Å². The summed E-state index contributed by atoms with van der Waals surface area (Å²) in [6.45, 7) is 0. The molecule has 1 aromatic rings. The van der Waals surface area contributed by atoms with Crippen molar-refractivity contribution in [3.8, 4) is 0 Å². The first kappa shape index (κ1) is 14.8. The van der Waals surface area contributed by atoms with Crippen LogP contribution in [0.15, 0.2) is 12.4 Å². The van der Waals surface area contributed by atoms with Gasteiger partial charge in [-0.1, -0.05) is 0 Å². The van der Waals surface area contributed by atoms with Gasteiger partial charge in [0.15, 0.2) is 0 Å². The van der Waals surface area contributed by atoms with Gasteiger partial charge in [-0.25, -0.2) is 0 Å². The van der Waals surface area contributed by atoms with Crippen LogP contribution < -0.4 is 5.32 Å². The SMILES string of the molecule is Cn1cc([C@@H](NC2CSCCSC2)C2CC(O)C2)cn1. The highest BCUT2D eigenvalue weighted by Crippen LogP contribution is 2.38. The second-order valence-corrected chi connectivity index (χ2v) is 8.12. The number of hydrogen-bond donors (Lipinski definition) is 2. The van der Waals surface area contributed by atoms with Crippen molar-refractivity contribution in [1.82, 2.24) is 15.1 Å². The molecule has 0 spiro atoms. The second-order valence-electron chi connectivity index (χ2n) is 5.82. The van der Waals surface area contributed by atoms with Crippen LogP contribution in [0.2, 0.25) is 0 Å². The molecule has 1 atom stereocenters. The van der Waals surface area contributed by atoms with E-state index < -0.39 is 0 Å². The monoisotopic (exact) mass is 313 g/mol. The fourth-order valence-electron chi connectivity index (χ4n) is 2.97. The van der Waals surface area contributed by atoms with Crippen molar-refractivity contribution < 1.29 is 5.11 Å². The van der Waals surface area contributed by atoms with Crippen LogP contribution in [0.3, 0.4) is 0 Å². The van der Waals surface area contributed by atoms with Gasteiger partial charge in [0.1, 0.15) is 0 Å². The van der Waals surface area contributed by atoms with Gasteiger partial charge in [-0.2, -0.15) is 28.6 Å². The van der Waals surface area contributed by atoms with Crippen LogP contribution in [0.25, 0.3) is 0 Å². The fourth-order valence-corrected chi connectivity index (χ4v) is 5.40. The first-order chi connectivity index (χ1) is 9.72. The lowest BCUT2D eigenvalue weighted by Crippen LogP contribution is -2.44. The number of aliphatic hydroxyl groups excluding tert-OH is 1. The van der Waals surface area contributed by atoms with Crippen molar-refractivity contribution in [2.45, 2.75) is 31.0 Å². The normalized spacial score (nSPS) is 29.7. The van der Waals surface area contributed by atoms with Gasteiger partial charge in [0.2, 0.25) is 0 Å². The minimum Gasteiger partial charge on any atom is -0.393 e. The van der Waals surface area contributed by atoms with Crippen molar-refractivity contribution >= 4 is 23.5 Å². The molecular weight excluding hydrogens is 290 g/mol. The summed E-state index contributed by atoms with van der Waals surface area (Å²) in [6, 6.07) is 0.909. The van der Waals surface area contributed by atoms with Crippen LogP contribution in [-0.4, -0.2) is 50.0 Å². The largest absolute Gasteiger partial charge is 0.393 e. The molecule has 0 aromatic carbocycles. The molecule has 2 N–H and O–H groups in total. The lowest BCUT2D eigenvalue weighted by Gasteiger charge is -2.39. The Bertz CT molecular complexity index is 426. The summed E-state index contributed by atoms with van der Waals surface area (Å²) in [6.07, 6.45) is 5.82. The predicted octanol–water partition coefficient (Wildman–Crippen LogP) is 1.67. The van der Waals surface area contributed by atoms with Crippen LogP contribution in [-0.2, 0) is 7.05 Å². The third kappa shape index (κ3) is 3.53. The fraction of sp³-hybridized carbons (Fsp3) is 0.786. The third-order valence-corrected chi connectivity index (χ3v) is 6.65. The van der Waals surface area contributed by atoms with Crippen molar-refractivity contribution in [1.29, 1.82) is 0 Å². The lowest BCUT2D eigenvalue weighted by molar-refractivity contribution is 0.0228. The number of hydrogen-bond acceptors (Lipinski definition) is 5. The number of aliphatic hydroxyl groups is 1. The number of thioether (sulfide) groups is 2. The van der Waals surface area contributed by atoms with Gasteiger partial charge in [0, 0.05) is 53.9 Å². The van der Waals surface area contributed by atoms with E-state index in [0.29, 0.717) is 18.0 Å². The quantitative estimate of drug-likeness (QED) is 0.885. The predicted molar refractivity (Wildman–Crippen MR) is 86.3 cm³/mol. The summed E-state index contributed by atoms with van der Waals surface area (Å²) >= 11 is 4.10. The van der Waals surface area contributed by atoms with Crippen LogP contribution in [0.4, 0.5) is 0 Å². The van der Waals surface area contributed by atoms with E-state index in [1.54, 1.807) is 0 Å². The van der Waals surface area contributed by atoms with E-state index in [1.807, 2.05) is 17.9 Å². The highest BCUT2D eigenvalue weighted by molar-refractivity contribution is 8.03. The van der Waals surface area contributed by atoms with E-state index in [-0.39, 0.29) is 6.10 Å². The average Bonchev–Trinajstić information content (AvgIpc) is 2.67. The van der Waals surface area contributed by atoms with Crippen LogP contribution in [0.1, 0.15) is 24.4 Å². The Morgan fingerprint density at radius 3 is 2.60 bits per heavy atom. The molecule has 2 aliphatic rings. The van der Waals surface area contributed by atoms with Gasteiger partial charge in [-0.3, -0.25) is 4.68 Å². The lowest BCUT2D eigenvalue weighted by atomic mass is 9.75. The Kier molecular flexibility index (Phi) is 4.96. The Labute approximate surface area is 129 Å². The van der Waals surface area contributed by atoms with E-state index >= 15 is 0 Å². The average molecular weight is 313 g/mol.